The molecule has 2 aliphatic rings. The number of rotatable bonds is 4. The fourth-order valence-electron chi connectivity index (χ4n) is 3.26. The molecule has 7 heteroatoms. The van der Waals surface area contributed by atoms with Gasteiger partial charge in [0.1, 0.15) is 0 Å². The van der Waals surface area contributed by atoms with Crippen molar-refractivity contribution in [3.63, 3.8) is 0 Å². The molecule has 2 aliphatic heterocycles. The number of hydrogen-bond donors (Lipinski definition) is 1. The SMILES string of the molecule is O=C(NC1CCCCN(Cc2ccccc2)C1)ON1C(=O)CCC1=O. The average Bonchev–Trinajstić information content (AvgIpc) is 2.79. The molecule has 1 atom stereocenters. The summed E-state index contributed by atoms with van der Waals surface area (Å²) in [6.07, 6.45) is 2.39. The Hall–Kier alpha value is -2.41. The minimum atomic E-state index is -0.741. The Bertz CT molecular complexity index is 618. The Morgan fingerprint density at radius 1 is 1.12 bits per heavy atom. The number of carbonyl (C=O) groups excluding carboxylic acids is 3. The summed E-state index contributed by atoms with van der Waals surface area (Å²) in [4.78, 5) is 42.3. The van der Waals surface area contributed by atoms with Gasteiger partial charge in [-0.15, -0.1) is 5.06 Å². The lowest BCUT2D eigenvalue weighted by Gasteiger charge is -2.25. The fraction of sp³-hybridized carbons (Fsp3) is 0.500. The van der Waals surface area contributed by atoms with E-state index < -0.39 is 17.9 Å². The molecule has 0 aromatic heterocycles. The molecular formula is C18H23N3O4. The monoisotopic (exact) mass is 345 g/mol. The second-order valence-electron chi connectivity index (χ2n) is 6.52. The normalized spacial score (nSPS) is 21.9. The van der Waals surface area contributed by atoms with Crippen molar-refractivity contribution in [3.8, 4) is 0 Å². The van der Waals surface area contributed by atoms with E-state index in [2.05, 4.69) is 22.3 Å². The third kappa shape index (κ3) is 4.79. The summed E-state index contributed by atoms with van der Waals surface area (Å²) in [6.45, 7) is 2.52. The molecule has 0 spiro atoms. The lowest BCUT2D eigenvalue weighted by Crippen LogP contribution is -2.45. The van der Waals surface area contributed by atoms with E-state index >= 15 is 0 Å². The highest BCUT2D eigenvalue weighted by molar-refractivity contribution is 6.01. The van der Waals surface area contributed by atoms with Gasteiger partial charge in [-0.25, -0.2) is 4.79 Å². The largest absolute Gasteiger partial charge is 0.432 e. The molecule has 2 heterocycles. The number of imide groups is 1. The molecule has 25 heavy (non-hydrogen) atoms. The van der Waals surface area contributed by atoms with Gasteiger partial charge in [-0.1, -0.05) is 36.8 Å². The number of nitrogens with zero attached hydrogens (tertiary/aromatic N) is 2. The molecule has 1 aromatic rings. The maximum Gasteiger partial charge on any atom is 0.432 e. The van der Waals surface area contributed by atoms with Crippen LogP contribution in [0.3, 0.4) is 0 Å². The van der Waals surface area contributed by atoms with E-state index in [1.165, 1.54) is 5.56 Å². The summed E-state index contributed by atoms with van der Waals surface area (Å²) in [5.74, 6) is -0.932. The van der Waals surface area contributed by atoms with Gasteiger partial charge in [-0.3, -0.25) is 14.5 Å². The maximum atomic E-state index is 12.0. The predicted molar refractivity (Wildman–Crippen MR) is 90.1 cm³/mol. The highest BCUT2D eigenvalue weighted by atomic mass is 16.7. The van der Waals surface area contributed by atoms with Crippen molar-refractivity contribution in [3.05, 3.63) is 35.9 Å². The van der Waals surface area contributed by atoms with E-state index in [9.17, 15) is 14.4 Å². The quantitative estimate of drug-likeness (QED) is 0.842. The van der Waals surface area contributed by atoms with E-state index in [1.807, 2.05) is 18.2 Å². The minimum absolute atomic E-state index is 0.0634. The second kappa shape index (κ2) is 8.11. The molecule has 2 saturated heterocycles. The van der Waals surface area contributed by atoms with Gasteiger partial charge in [0, 0.05) is 32.0 Å². The summed E-state index contributed by atoms with van der Waals surface area (Å²) in [6, 6.07) is 10.1. The molecule has 2 fully saturated rings. The van der Waals surface area contributed by atoms with Crippen LogP contribution < -0.4 is 5.32 Å². The number of hydroxylamine groups is 2. The second-order valence-corrected chi connectivity index (χ2v) is 6.52. The van der Waals surface area contributed by atoms with Crippen molar-refractivity contribution in [2.75, 3.05) is 13.1 Å². The molecule has 0 saturated carbocycles. The topological polar surface area (TPSA) is 79.0 Å². The first-order valence-electron chi connectivity index (χ1n) is 8.72. The van der Waals surface area contributed by atoms with E-state index in [0.29, 0.717) is 11.6 Å². The molecule has 0 bridgehead atoms. The molecule has 0 aliphatic carbocycles. The summed E-state index contributed by atoms with van der Waals surface area (Å²) >= 11 is 0. The molecule has 134 valence electrons. The van der Waals surface area contributed by atoms with Crippen molar-refractivity contribution < 1.29 is 19.2 Å². The lowest BCUT2D eigenvalue weighted by atomic mass is 10.1. The van der Waals surface area contributed by atoms with Gasteiger partial charge in [-0.2, -0.15) is 0 Å². The van der Waals surface area contributed by atoms with E-state index in [0.717, 1.165) is 32.4 Å². The predicted octanol–water partition coefficient (Wildman–Crippen LogP) is 1.83. The van der Waals surface area contributed by atoms with Crippen LogP contribution in [-0.4, -0.2) is 47.0 Å². The zero-order valence-electron chi connectivity index (χ0n) is 14.1. The fourth-order valence-corrected chi connectivity index (χ4v) is 3.26. The maximum absolute atomic E-state index is 12.0. The Labute approximate surface area is 146 Å². The highest BCUT2D eigenvalue weighted by Crippen LogP contribution is 2.15. The third-order valence-corrected chi connectivity index (χ3v) is 4.51. The van der Waals surface area contributed by atoms with Crippen LogP contribution in [0, 0.1) is 0 Å². The van der Waals surface area contributed by atoms with Crippen LogP contribution in [0.5, 0.6) is 0 Å². The van der Waals surface area contributed by atoms with Crippen molar-refractivity contribution in [1.82, 2.24) is 15.3 Å². The minimum Gasteiger partial charge on any atom is -0.316 e. The molecule has 7 nitrogen and oxygen atoms in total. The zero-order valence-corrected chi connectivity index (χ0v) is 14.1. The van der Waals surface area contributed by atoms with Crippen molar-refractivity contribution in [2.45, 2.75) is 44.7 Å². The highest BCUT2D eigenvalue weighted by Gasteiger charge is 2.33. The van der Waals surface area contributed by atoms with E-state index in [1.54, 1.807) is 0 Å². The lowest BCUT2D eigenvalue weighted by molar-refractivity contribution is -0.171. The molecule has 0 radical (unpaired) electrons. The van der Waals surface area contributed by atoms with E-state index in [4.69, 9.17) is 4.84 Å². The number of likely N-dealkylation sites (tertiary alicyclic amines) is 1. The molecule has 3 rings (SSSR count). The van der Waals surface area contributed by atoms with Crippen LogP contribution in [0.1, 0.15) is 37.7 Å². The smallest absolute Gasteiger partial charge is 0.316 e. The number of carbonyl (C=O) groups is 3. The van der Waals surface area contributed by atoms with Crippen molar-refractivity contribution in [2.24, 2.45) is 0 Å². The van der Waals surface area contributed by atoms with Crippen LogP contribution >= 0.6 is 0 Å². The Balaban J connectivity index is 1.53. The van der Waals surface area contributed by atoms with Gasteiger partial charge < -0.3 is 10.2 Å². The third-order valence-electron chi connectivity index (χ3n) is 4.51. The first-order chi connectivity index (χ1) is 12.1. The molecule has 3 amide bonds. The van der Waals surface area contributed by atoms with Gasteiger partial charge in [0.15, 0.2) is 0 Å². The summed E-state index contributed by atoms with van der Waals surface area (Å²) in [5, 5.41) is 3.37. The van der Waals surface area contributed by atoms with Crippen molar-refractivity contribution >= 4 is 17.9 Å². The zero-order chi connectivity index (χ0) is 17.6. The van der Waals surface area contributed by atoms with Crippen LogP contribution in [-0.2, 0) is 21.0 Å². The van der Waals surface area contributed by atoms with Crippen LogP contribution in [0.15, 0.2) is 30.3 Å². The molecule has 1 unspecified atom stereocenters. The Morgan fingerprint density at radius 3 is 2.56 bits per heavy atom. The first-order valence-corrected chi connectivity index (χ1v) is 8.72. The first kappa shape index (κ1) is 17.4. The Kier molecular flexibility index (Phi) is 5.65. The molecule has 1 aromatic carbocycles. The number of benzene rings is 1. The summed E-state index contributed by atoms with van der Waals surface area (Å²) < 4.78 is 0. The van der Waals surface area contributed by atoms with Crippen LogP contribution in [0.25, 0.3) is 0 Å². The standard InChI is InChI=1S/C18H23N3O4/c22-16-9-10-17(23)21(16)25-18(24)19-15-8-4-5-11-20(13-15)12-14-6-2-1-3-7-14/h1-3,6-7,15H,4-5,8-13H2,(H,19,24). The van der Waals surface area contributed by atoms with Gasteiger partial charge >= 0.3 is 6.09 Å². The number of nitrogens with one attached hydrogen (secondary N) is 1. The number of amides is 3. The molecular weight excluding hydrogens is 322 g/mol. The van der Waals surface area contributed by atoms with Gasteiger partial charge in [0.05, 0.1) is 0 Å². The van der Waals surface area contributed by atoms with Gasteiger partial charge in [0.2, 0.25) is 0 Å². The molecule has 1 N–H and O–H groups in total. The van der Waals surface area contributed by atoms with Gasteiger partial charge in [0.25, 0.3) is 11.8 Å². The Morgan fingerprint density at radius 2 is 1.84 bits per heavy atom. The van der Waals surface area contributed by atoms with Crippen LogP contribution in [0.4, 0.5) is 4.79 Å². The average molecular weight is 345 g/mol. The summed E-state index contributed by atoms with van der Waals surface area (Å²) in [7, 11) is 0. The number of hydrogen-bond acceptors (Lipinski definition) is 5. The van der Waals surface area contributed by atoms with Crippen molar-refractivity contribution in [1.29, 1.82) is 0 Å². The van der Waals surface area contributed by atoms with Crippen LogP contribution in [0.2, 0.25) is 0 Å². The van der Waals surface area contributed by atoms with E-state index in [-0.39, 0.29) is 18.9 Å². The van der Waals surface area contributed by atoms with Gasteiger partial charge in [-0.05, 0) is 24.9 Å². The summed E-state index contributed by atoms with van der Waals surface area (Å²) in [5.41, 5.74) is 1.24.